The average Bonchev–Trinajstić information content (AvgIpc) is 2.79. The van der Waals surface area contributed by atoms with Gasteiger partial charge in [-0.25, -0.2) is 0 Å². The summed E-state index contributed by atoms with van der Waals surface area (Å²) in [4.78, 5) is 35.5. The van der Waals surface area contributed by atoms with Crippen LogP contribution >= 0.6 is 0 Å². The van der Waals surface area contributed by atoms with Gasteiger partial charge in [-0.2, -0.15) is 0 Å². The number of amides is 1. The number of likely N-dealkylation sites (tertiary alicyclic amines) is 1. The van der Waals surface area contributed by atoms with Crippen molar-refractivity contribution in [3.05, 3.63) is 60.4 Å². The van der Waals surface area contributed by atoms with Crippen LogP contribution in [-0.2, 0) is 4.79 Å². The summed E-state index contributed by atoms with van der Waals surface area (Å²) in [6.45, 7) is 3.61. The molecule has 3 heterocycles. The van der Waals surface area contributed by atoms with Gasteiger partial charge in [0.1, 0.15) is 0 Å². The SMILES string of the molecule is O=C(O)C1CCCN(C(=O)c2ccccc2)C1N1CCN(c2ccncc2)CC1. The first-order valence-corrected chi connectivity index (χ1v) is 10.1. The minimum absolute atomic E-state index is 0.0851. The molecule has 2 aromatic rings. The van der Waals surface area contributed by atoms with Gasteiger partial charge in [-0.05, 0) is 37.1 Å². The summed E-state index contributed by atoms with van der Waals surface area (Å²) in [5, 5.41) is 9.86. The number of carbonyl (C=O) groups excluding carboxylic acids is 1. The molecule has 1 aromatic carbocycles. The van der Waals surface area contributed by atoms with Crippen molar-refractivity contribution in [2.24, 2.45) is 5.92 Å². The first kappa shape index (κ1) is 19.4. The summed E-state index contributed by atoms with van der Waals surface area (Å²) < 4.78 is 0. The molecule has 152 valence electrons. The van der Waals surface area contributed by atoms with Crippen LogP contribution in [0.4, 0.5) is 5.69 Å². The van der Waals surface area contributed by atoms with E-state index in [2.05, 4.69) is 14.8 Å². The fourth-order valence-corrected chi connectivity index (χ4v) is 4.45. The van der Waals surface area contributed by atoms with E-state index in [1.165, 1.54) is 0 Å². The quantitative estimate of drug-likeness (QED) is 0.857. The Hall–Kier alpha value is -2.93. The molecule has 2 atom stereocenters. The summed E-state index contributed by atoms with van der Waals surface area (Å²) in [6, 6.07) is 13.1. The molecular weight excluding hydrogens is 368 g/mol. The van der Waals surface area contributed by atoms with Crippen molar-refractivity contribution < 1.29 is 14.7 Å². The van der Waals surface area contributed by atoms with E-state index in [1.807, 2.05) is 30.3 Å². The topological polar surface area (TPSA) is 77.0 Å². The van der Waals surface area contributed by atoms with E-state index >= 15 is 0 Å². The Morgan fingerprint density at radius 3 is 2.28 bits per heavy atom. The zero-order valence-corrected chi connectivity index (χ0v) is 16.4. The zero-order chi connectivity index (χ0) is 20.2. The number of carbonyl (C=O) groups is 2. The van der Waals surface area contributed by atoms with Crippen LogP contribution in [0.25, 0.3) is 0 Å². The number of piperidine rings is 1. The lowest BCUT2D eigenvalue weighted by molar-refractivity contribution is -0.149. The maximum atomic E-state index is 13.2. The molecule has 7 heteroatoms. The number of carboxylic acid groups (broad SMARTS) is 1. The number of pyridine rings is 1. The van der Waals surface area contributed by atoms with Crippen molar-refractivity contribution in [1.82, 2.24) is 14.8 Å². The first-order valence-electron chi connectivity index (χ1n) is 10.1. The van der Waals surface area contributed by atoms with Gasteiger partial charge in [0.15, 0.2) is 0 Å². The van der Waals surface area contributed by atoms with Crippen molar-refractivity contribution >= 4 is 17.6 Å². The number of rotatable bonds is 4. The highest BCUT2D eigenvalue weighted by molar-refractivity contribution is 5.94. The third-order valence-electron chi connectivity index (χ3n) is 5.91. The van der Waals surface area contributed by atoms with Crippen LogP contribution in [-0.4, -0.2) is 70.7 Å². The van der Waals surface area contributed by atoms with E-state index in [0.29, 0.717) is 24.9 Å². The number of nitrogens with zero attached hydrogens (tertiary/aromatic N) is 4. The molecule has 0 saturated carbocycles. The van der Waals surface area contributed by atoms with E-state index < -0.39 is 18.1 Å². The van der Waals surface area contributed by atoms with Gasteiger partial charge in [-0.1, -0.05) is 18.2 Å². The molecule has 0 aliphatic carbocycles. The number of benzene rings is 1. The Morgan fingerprint density at radius 1 is 0.931 bits per heavy atom. The highest BCUT2D eigenvalue weighted by Crippen LogP contribution is 2.29. The molecule has 1 N–H and O–H groups in total. The Bertz CT molecular complexity index is 838. The zero-order valence-electron chi connectivity index (χ0n) is 16.4. The van der Waals surface area contributed by atoms with Crippen LogP contribution in [0.5, 0.6) is 0 Å². The Labute approximate surface area is 170 Å². The maximum Gasteiger partial charge on any atom is 0.309 e. The van der Waals surface area contributed by atoms with Crippen molar-refractivity contribution in [1.29, 1.82) is 0 Å². The molecule has 2 unspecified atom stereocenters. The van der Waals surface area contributed by atoms with E-state index in [4.69, 9.17) is 0 Å². The van der Waals surface area contributed by atoms with Gasteiger partial charge < -0.3 is 14.9 Å². The molecule has 2 aliphatic heterocycles. The molecule has 4 rings (SSSR count). The predicted octanol–water partition coefficient (Wildman–Crippen LogP) is 2.17. The molecule has 2 saturated heterocycles. The molecular formula is C22H26N4O3. The summed E-state index contributed by atoms with van der Waals surface area (Å²) in [7, 11) is 0. The van der Waals surface area contributed by atoms with Crippen LogP contribution in [0.3, 0.4) is 0 Å². The highest BCUT2D eigenvalue weighted by atomic mass is 16.4. The summed E-state index contributed by atoms with van der Waals surface area (Å²) in [5.41, 5.74) is 1.73. The minimum Gasteiger partial charge on any atom is -0.481 e. The lowest BCUT2D eigenvalue weighted by Gasteiger charge is -2.48. The number of aromatic nitrogens is 1. The standard InChI is InChI=1S/C22H26N4O3/c27-21(17-5-2-1-3-6-17)26-12-4-7-19(22(28)29)20(26)25-15-13-24(14-16-25)18-8-10-23-11-9-18/h1-3,5-6,8-11,19-20H,4,7,12-16H2,(H,28,29). The summed E-state index contributed by atoms with van der Waals surface area (Å²) >= 11 is 0. The third-order valence-corrected chi connectivity index (χ3v) is 5.91. The van der Waals surface area contributed by atoms with E-state index in [9.17, 15) is 14.7 Å². The van der Waals surface area contributed by atoms with Crippen LogP contribution in [0.2, 0.25) is 0 Å². The van der Waals surface area contributed by atoms with Gasteiger partial charge in [-0.3, -0.25) is 19.5 Å². The van der Waals surface area contributed by atoms with Crippen molar-refractivity contribution in [3.8, 4) is 0 Å². The summed E-state index contributed by atoms with van der Waals surface area (Å²) in [6.07, 6.45) is 4.47. The molecule has 29 heavy (non-hydrogen) atoms. The fourth-order valence-electron chi connectivity index (χ4n) is 4.45. The molecule has 0 radical (unpaired) electrons. The van der Waals surface area contributed by atoms with Gasteiger partial charge in [0.25, 0.3) is 5.91 Å². The van der Waals surface area contributed by atoms with Gasteiger partial charge in [0.05, 0.1) is 12.1 Å². The fraction of sp³-hybridized carbons (Fsp3) is 0.409. The molecule has 0 spiro atoms. The maximum absolute atomic E-state index is 13.2. The minimum atomic E-state index is -0.822. The van der Waals surface area contributed by atoms with E-state index in [1.54, 1.807) is 29.4 Å². The number of hydrogen-bond donors (Lipinski definition) is 1. The monoisotopic (exact) mass is 394 g/mol. The van der Waals surface area contributed by atoms with E-state index in [0.717, 1.165) is 31.9 Å². The molecule has 1 aromatic heterocycles. The molecule has 2 aliphatic rings. The largest absolute Gasteiger partial charge is 0.481 e. The lowest BCUT2D eigenvalue weighted by Crippen LogP contribution is -2.62. The first-order chi connectivity index (χ1) is 14.1. The van der Waals surface area contributed by atoms with Crippen molar-refractivity contribution in [3.63, 3.8) is 0 Å². The average molecular weight is 394 g/mol. The van der Waals surface area contributed by atoms with Crippen molar-refractivity contribution in [2.45, 2.75) is 19.0 Å². The second-order valence-electron chi connectivity index (χ2n) is 7.59. The Kier molecular flexibility index (Phi) is 5.76. The Balaban J connectivity index is 1.54. The molecule has 7 nitrogen and oxygen atoms in total. The lowest BCUT2D eigenvalue weighted by atomic mass is 9.92. The predicted molar refractivity (Wildman–Crippen MR) is 110 cm³/mol. The summed E-state index contributed by atoms with van der Waals surface area (Å²) in [5.74, 6) is -1.47. The number of aliphatic carboxylic acids is 1. The smallest absolute Gasteiger partial charge is 0.309 e. The molecule has 0 bridgehead atoms. The van der Waals surface area contributed by atoms with E-state index in [-0.39, 0.29) is 5.91 Å². The van der Waals surface area contributed by atoms with Crippen LogP contribution in [0.1, 0.15) is 23.2 Å². The Morgan fingerprint density at radius 2 is 1.62 bits per heavy atom. The normalized spacial score (nSPS) is 23.0. The van der Waals surface area contributed by atoms with Gasteiger partial charge in [0.2, 0.25) is 0 Å². The van der Waals surface area contributed by atoms with Crippen molar-refractivity contribution in [2.75, 3.05) is 37.6 Å². The highest BCUT2D eigenvalue weighted by Gasteiger charge is 2.42. The van der Waals surface area contributed by atoms with Crippen LogP contribution < -0.4 is 4.90 Å². The third kappa shape index (κ3) is 4.10. The molecule has 1 amide bonds. The number of anilines is 1. The number of piperazine rings is 1. The van der Waals surface area contributed by atoms with Crippen LogP contribution in [0, 0.1) is 5.92 Å². The second kappa shape index (κ2) is 8.61. The number of hydrogen-bond acceptors (Lipinski definition) is 5. The van der Waals surface area contributed by atoms with Crippen LogP contribution in [0.15, 0.2) is 54.9 Å². The van der Waals surface area contributed by atoms with Gasteiger partial charge in [0, 0.05) is 56.4 Å². The number of carboxylic acids is 1. The van der Waals surface area contributed by atoms with Gasteiger partial charge >= 0.3 is 5.97 Å². The molecule has 2 fully saturated rings. The second-order valence-corrected chi connectivity index (χ2v) is 7.59. The van der Waals surface area contributed by atoms with Gasteiger partial charge in [-0.15, -0.1) is 0 Å².